The van der Waals surface area contributed by atoms with Crippen LogP contribution >= 0.6 is 0 Å². The van der Waals surface area contributed by atoms with Crippen molar-refractivity contribution in [3.63, 3.8) is 0 Å². The Bertz CT molecular complexity index is 1060. The van der Waals surface area contributed by atoms with E-state index in [-0.39, 0.29) is 5.41 Å². The van der Waals surface area contributed by atoms with Crippen molar-refractivity contribution in [1.82, 2.24) is 0 Å². The van der Waals surface area contributed by atoms with Crippen molar-refractivity contribution in [3.8, 4) is 22.3 Å². The van der Waals surface area contributed by atoms with Crippen LogP contribution in [0.2, 0.25) is 0 Å². The summed E-state index contributed by atoms with van der Waals surface area (Å²) in [7, 11) is -1.43. The third-order valence-corrected chi connectivity index (χ3v) is 6.85. The molecule has 0 heterocycles. The quantitative estimate of drug-likeness (QED) is 0.546. The van der Waals surface area contributed by atoms with Gasteiger partial charge in [-0.05, 0) is 69.2 Å². The predicted octanol–water partition coefficient (Wildman–Crippen LogP) is 4.02. The zero-order valence-corrected chi connectivity index (χ0v) is 15.8. The van der Waals surface area contributed by atoms with E-state index in [4.69, 9.17) is 0 Å². The Balaban J connectivity index is 1.87. The minimum Gasteiger partial charge on any atom is -0.423 e. The second-order valence-corrected chi connectivity index (χ2v) is 7.78. The van der Waals surface area contributed by atoms with Crippen LogP contribution in [0.3, 0.4) is 0 Å². The first-order valence-corrected chi connectivity index (χ1v) is 9.87. The maximum atomic E-state index is 9.83. The van der Waals surface area contributed by atoms with E-state index < -0.39 is 7.12 Å². The first-order valence-electron chi connectivity index (χ1n) is 9.87. The van der Waals surface area contributed by atoms with E-state index in [0.29, 0.717) is 5.46 Å². The average Bonchev–Trinajstić information content (AvgIpc) is 3.21. The van der Waals surface area contributed by atoms with Crippen molar-refractivity contribution in [2.24, 2.45) is 0 Å². The molecule has 3 aromatic rings. The molecular formula is C24H23BO2. The standard InChI is InChI=1S/C24H23BO2/c1-3-24(4-2)19-10-6-5-8-17(19)23-20(24)13-12-15-14-18-16(22(15)23)9-7-11-21(18)25(26)27/h5-13,26-27H,3-4,14H2,1-2H3. The molecule has 0 fully saturated rings. The van der Waals surface area contributed by atoms with Gasteiger partial charge in [0.15, 0.2) is 0 Å². The van der Waals surface area contributed by atoms with E-state index in [0.717, 1.165) is 30.4 Å². The van der Waals surface area contributed by atoms with E-state index in [1.54, 1.807) is 0 Å². The van der Waals surface area contributed by atoms with Gasteiger partial charge in [0.2, 0.25) is 0 Å². The highest BCUT2D eigenvalue weighted by Gasteiger charge is 2.43. The lowest BCUT2D eigenvalue weighted by molar-refractivity contribution is 0.425. The van der Waals surface area contributed by atoms with Crippen LogP contribution < -0.4 is 5.46 Å². The molecule has 2 nitrogen and oxygen atoms in total. The molecule has 5 rings (SSSR count). The van der Waals surface area contributed by atoms with E-state index in [1.807, 2.05) is 12.1 Å². The molecule has 0 saturated carbocycles. The smallest absolute Gasteiger partial charge is 0.423 e. The molecule has 134 valence electrons. The Labute approximate surface area is 160 Å². The van der Waals surface area contributed by atoms with E-state index in [2.05, 4.69) is 56.3 Å². The number of rotatable bonds is 3. The molecule has 2 aliphatic carbocycles. The summed E-state index contributed by atoms with van der Waals surface area (Å²) >= 11 is 0. The molecule has 3 heteroatoms. The van der Waals surface area contributed by atoms with Crippen molar-refractivity contribution in [1.29, 1.82) is 0 Å². The van der Waals surface area contributed by atoms with E-state index in [9.17, 15) is 10.0 Å². The summed E-state index contributed by atoms with van der Waals surface area (Å²) < 4.78 is 0. The summed E-state index contributed by atoms with van der Waals surface area (Å²) in [5, 5.41) is 19.7. The second kappa shape index (κ2) is 5.82. The number of fused-ring (bicyclic) bond motifs is 7. The summed E-state index contributed by atoms with van der Waals surface area (Å²) in [6, 6.07) is 19.3. The normalized spacial score (nSPS) is 15.1. The molecule has 0 atom stereocenters. The summed E-state index contributed by atoms with van der Waals surface area (Å²) in [6.07, 6.45) is 2.92. The third-order valence-electron chi connectivity index (χ3n) is 6.85. The molecular weight excluding hydrogens is 331 g/mol. The first-order chi connectivity index (χ1) is 13.1. The fraction of sp³-hybridized carbons (Fsp3) is 0.250. The van der Waals surface area contributed by atoms with Gasteiger partial charge < -0.3 is 10.0 Å². The van der Waals surface area contributed by atoms with E-state index >= 15 is 0 Å². The maximum absolute atomic E-state index is 9.83. The van der Waals surface area contributed by atoms with Crippen molar-refractivity contribution in [3.05, 3.63) is 76.9 Å². The topological polar surface area (TPSA) is 40.5 Å². The highest BCUT2D eigenvalue weighted by Crippen LogP contribution is 2.57. The van der Waals surface area contributed by atoms with Crippen LogP contribution in [0.25, 0.3) is 22.3 Å². The van der Waals surface area contributed by atoms with Crippen molar-refractivity contribution >= 4 is 12.6 Å². The van der Waals surface area contributed by atoms with Crippen LogP contribution in [-0.2, 0) is 11.8 Å². The number of benzene rings is 3. The monoisotopic (exact) mass is 354 g/mol. The van der Waals surface area contributed by atoms with Crippen LogP contribution in [0, 0.1) is 0 Å². The van der Waals surface area contributed by atoms with Crippen LogP contribution in [0.1, 0.15) is 48.9 Å². The molecule has 0 spiro atoms. The fourth-order valence-electron chi connectivity index (χ4n) is 5.52. The van der Waals surface area contributed by atoms with Crippen LogP contribution in [0.15, 0.2) is 54.6 Å². The SMILES string of the molecule is CCC1(CC)c2ccccc2-c2c1ccc1c2-c2cccc(B(O)O)c2C1. The largest absolute Gasteiger partial charge is 0.488 e. The Morgan fingerprint density at radius 3 is 2.30 bits per heavy atom. The maximum Gasteiger partial charge on any atom is 0.488 e. The van der Waals surface area contributed by atoms with Crippen LogP contribution in [0.4, 0.5) is 0 Å². The Hall–Kier alpha value is -2.36. The van der Waals surface area contributed by atoms with E-state index in [1.165, 1.54) is 33.4 Å². The highest BCUT2D eigenvalue weighted by molar-refractivity contribution is 6.59. The predicted molar refractivity (Wildman–Crippen MR) is 111 cm³/mol. The van der Waals surface area contributed by atoms with Gasteiger partial charge in [-0.1, -0.05) is 68.4 Å². The summed E-state index contributed by atoms with van der Waals surface area (Å²) in [4.78, 5) is 0. The molecule has 0 aromatic heterocycles. The van der Waals surface area contributed by atoms with Gasteiger partial charge in [-0.2, -0.15) is 0 Å². The Morgan fingerprint density at radius 2 is 1.56 bits per heavy atom. The minimum absolute atomic E-state index is 0.0673. The van der Waals surface area contributed by atoms with Gasteiger partial charge in [-0.3, -0.25) is 0 Å². The molecule has 0 amide bonds. The average molecular weight is 354 g/mol. The van der Waals surface area contributed by atoms with Crippen molar-refractivity contribution < 1.29 is 10.0 Å². The van der Waals surface area contributed by atoms with Gasteiger partial charge in [-0.25, -0.2) is 0 Å². The molecule has 2 aliphatic rings. The molecule has 0 bridgehead atoms. The van der Waals surface area contributed by atoms with Crippen molar-refractivity contribution in [2.75, 3.05) is 0 Å². The Morgan fingerprint density at radius 1 is 0.815 bits per heavy atom. The molecule has 27 heavy (non-hydrogen) atoms. The fourth-order valence-corrected chi connectivity index (χ4v) is 5.52. The number of hydrogen-bond acceptors (Lipinski definition) is 2. The minimum atomic E-state index is -1.43. The van der Waals surface area contributed by atoms with Gasteiger partial charge in [0.1, 0.15) is 0 Å². The first kappa shape index (κ1) is 16.8. The lowest BCUT2D eigenvalue weighted by atomic mass is 9.73. The number of hydrogen-bond donors (Lipinski definition) is 2. The molecule has 2 N–H and O–H groups in total. The molecule has 0 unspecified atom stereocenters. The van der Waals surface area contributed by atoms with Gasteiger partial charge in [0.25, 0.3) is 0 Å². The molecule has 0 radical (unpaired) electrons. The van der Waals surface area contributed by atoms with Gasteiger partial charge in [-0.15, -0.1) is 0 Å². The second-order valence-electron chi connectivity index (χ2n) is 7.78. The zero-order chi connectivity index (χ0) is 18.8. The summed E-state index contributed by atoms with van der Waals surface area (Å²) in [6.45, 7) is 4.58. The summed E-state index contributed by atoms with van der Waals surface area (Å²) in [5.74, 6) is 0. The molecule has 3 aromatic carbocycles. The summed E-state index contributed by atoms with van der Waals surface area (Å²) in [5.41, 5.74) is 11.0. The lowest BCUT2D eigenvalue weighted by Crippen LogP contribution is -2.32. The Kier molecular flexibility index (Phi) is 3.62. The lowest BCUT2D eigenvalue weighted by Gasteiger charge is -2.29. The molecule has 0 aliphatic heterocycles. The van der Waals surface area contributed by atoms with Gasteiger partial charge >= 0.3 is 7.12 Å². The van der Waals surface area contributed by atoms with Crippen molar-refractivity contribution in [2.45, 2.75) is 38.5 Å². The highest BCUT2D eigenvalue weighted by atomic mass is 16.4. The molecule has 0 saturated heterocycles. The van der Waals surface area contributed by atoms with Crippen LogP contribution in [0.5, 0.6) is 0 Å². The van der Waals surface area contributed by atoms with Gasteiger partial charge in [0, 0.05) is 5.41 Å². The zero-order valence-electron chi connectivity index (χ0n) is 15.8. The van der Waals surface area contributed by atoms with Crippen LogP contribution in [-0.4, -0.2) is 17.2 Å². The third kappa shape index (κ3) is 2.04. The van der Waals surface area contributed by atoms with Gasteiger partial charge in [0.05, 0.1) is 0 Å².